The molecule has 0 fully saturated rings. The van der Waals surface area contributed by atoms with Gasteiger partial charge in [-0.25, -0.2) is 4.39 Å². The van der Waals surface area contributed by atoms with Crippen molar-refractivity contribution in [3.63, 3.8) is 0 Å². The van der Waals surface area contributed by atoms with E-state index >= 15 is 4.39 Å². The minimum atomic E-state index is -0.311. The summed E-state index contributed by atoms with van der Waals surface area (Å²) in [6.45, 7) is 8.45. The fourth-order valence-corrected chi connectivity index (χ4v) is 9.46. The molecule has 0 unspecified atom stereocenters. The van der Waals surface area contributed by atoms with Gasteiger partial charge < -0.3 is 9.80 Å². The van der Waals surface area contributed by atoms with Crippen molar-refractivity contribution in [2.75, 3.05) is 9.80 Å². The third-order valence-electron chi connectivity index (χ3n) is 12.6. The number of hydrogen-bond acceptors (Lipinski definition) is 2. The van der Waals surface area contributed by atoms with E-state index in [1.54, 1.807) is 6.07 Å². The number of halogens is 1. The van der Waals surface area contributed by atoms with E-state index < -0.39 is 0 Å². The largest absolute Gasteiger partial charge is 0.313 e. The van der Waals surface area contributed by atoms with Crippen LogP contribution >= 0.6 is 0 Å². The lowest BCUT2D eigenvalue weighted by molar-refractivity contribution is 0.629. The Morgan fingerprint density at radius 1 is 0.537 bits per heavy atom. The van der Waals surface area contributed by atoms with Gasteiger partial charge >= 0.3 is 0 Å². The molecule has 0 atom stereocenters. The molecule has 3 heteroatoms. The van der Waals surface area contributed by atoms with Gasteiger partial charge in [-0.05, 0) is 118 Å². The number of hydrogen-bond donors (Lipinski definition) is 0. The molecule has 10 rings (SSSR count). The SMILES string of the molecule is C=C/C(=C\C(=C(/C)N(c1ccccc1)c1ccc2ccc3c(N(c4ccccc4)c4c(F)cc(/C=C\C=C/C)cc4-c4ccccc4)ccc4ccc1c2c43)c1ccccc1)c1ccccc1. The highest BCUT2D eigenvalue weighted by atomic mass is 19.1. The van der Waals surface area contributed by atoms with Crippen molar-refractivity contribution in [2.24, 2.45) is 0 Å². The lowest BCUT2D eigenvalue weighted by atomic mass is 9.91. The van der Waals surface area contributed by atoms with Gasteiger partial charge in [0.2, 0.25) is 0 Å². The van der Waals surface area contributed by atoms with Crippen molar-refractivity contribution in [3.05, 3.63) is 277 Å². The van der Waals surface area contributed by atoms with E-state index in [1.165, 1.54) is 0 Å². The number of para-hydroxylation sites is 2. The summed E-state index contributed by atoms with van der Waals surface area (Å²) in [6, 6.07) is 73.4. The van der Waals surface area contributed by atoms with Crippen LogP contribution in [0.25, 0.3) is 60.7 Å². The van der Waals surface area contributed by atoms with Crippen LogP contribution in [0.4, 0.5) is 32.8 Å². The highest BCUT2D eigenvalue weighted by molar-refractivity contribution is 6.28. The van der Waals surface area contributed by atoms with Gasteiger partial charge in [0.25, 0.3) is 0 Å². The summed E-state index contributed by atoms with van der Waals surface area (Å²) < 4.78 is 17.4. The highest BCUT2D eigenvalue weighted by Crippen LogP contribution is 2.49. The predicted octanol–water partition coefficient (Wildman–Crippen LogP) is 18.3. The summed E-state index contributed by atoms with van der Waals surface area (Å²) in [5, 5.41) is 6.65. The number of anilines is 5. The molecule has 10 aromatic carbocycles. The molecular formula is C64H49FN2. The first kappa shape index (κ1) is 42.4. The first-order valence-electron chi connectivity index (χ1n) is 22.8. The fraction of sp³-hybridized carbons (Fsp3) is 0.0312. The van der Waals surface area contributed by atoms with Crippen LogP contribution in [-0.2, 0) is 0 Å². The molecule has 0 saturated heterocycles. The molecule has 0 aromatic heterocycles. The van der Waals surface area contributed by atoms with Gasteiger partial charge in [0.15, 0.2) is 0 Å². The van der Waals surface area contributed by atoms with E-state index in [-0.39, 0.29) is 5.82 Å². The highest BCUT2D eigenvalue weighted by Gasteiger charge is 2.26. The lowest BCUT2D eigenvalue weighted by Gasteiger charge is -2.31. The molecule has 0 aliphatic rings. The molecule has 0 amide bonds. The normalized spacial score (nSPS) is 12.4. The Bertz CT molecular complexity index is 3480. The van der Waals surface area contributed by atoms with Gasteiger partial charge in [-0.1, -0.05) is 201 Å². The van der Waals surface area contributed by atoms with Crippen molar-refractivity contribution >= 4 is 78.0 Å². The van der Waals surface area contributed by atoms with Crippen LogP contribution in [0.15, 0.2) is 255 Å². The Kier molecular flexibility index (Phi) is 12.0. The zero-order valence-electron chi connectivity index (χ0n) is 37.7. The summed E-state index contributed by atoms with van der Waals surface area (Å²) in [5.41, 5.74) is 12.2. The van der Waals surface area contributed by atoms with Crippen LogP contribution in [0, 0.1) is 5.82 Å². The van der Waals surface area contributed by atoms with Crippen LogP contribution < -0.4 is 9.80 Å². The van der Waals surface area contributed by atoms with Crippen LogP contribution in [0.3, 0.4) is 0 Å². The molecule has 0 bridgehead atoms. The van der Waals surface area contributed by atoms with Crippen molar-refractivity contribution in [1.82, 2.24) is 0 Å². The van der Waals surface area contributed by atoms with E-state index in [4.69, 9.17) is 0 Å². The Morgan fingerprint density at radius 3 is 1.66 bits per heavy atom. The van der Waals surface area contributed by atoms with Crippen molar-refractivity contribution < 1.29 is 4.39 Å². The molecule has 2 nitrogen and oxygen atoms in total. The molecule has 0 radical (unpaired) electrons. The summed E-state index contributed by atoms with van der Waals surface area (Å²) in [5.74, 6) is -0.311. The van der Waals surface area contributed by atoms with Crippen LogP contribution in [-0.4, -0.2) is 0 Å². The fourth-order valence-electron chi connectivity index (χ4n) is 9.46. The Balaban J connectivity index is 1.24. The zero-order chi connectivity index (χ0) is 45.7. The van der Waals surface area contributed by atoms with Crippen LogP contribution in [0.2, 0.25) is 0 Å². The quantitative estimate of drug-likeness (QED) is 0.0842. The van der Waals surface area contributed by atoms with Crippen molar-refractivity contribution in [2.45, 2.75) is 13.8 Å². The van der Waals surface area contributed by atoms with E-state index in [2.05, 4.69) is 193 Å². The maximum Gasteiger partial charge on any atom is 0.148 e. The number of rotatable bonds is 13. The van der Waals surface area contributed by atoms with Crippen molar-refractivity contribution in [3.8, 4) is 11.1 Å². The monoisotopic (exact) mass is 864 g/mol. The molecule has 0 aliphatic heterocycles. The van der Waals surface area contributed by atoms with E-state index in [1.807, 2.05) is 79.8 Å². The van der Waals surface area contributed by atoms with Gasteiger partial charge in [0.1, 0.15) is 5.82 Å². The molecular weight excluding hydrogens is 816 g/mol. The van der Waals surface area contributed by atoms with Crippen LogP contribution in [0.5, 0.6) is 0 Å². The molecule has 10 aromatic rings. The first-order valence-corrected chi connectivity index (χ1v) is 22.8. The van der Waals surface area contributed by atoms with Gasteiger partial charge in [0.05, 0.1) is 17.1 Å². The van der Waals surface area contributed by atoms with Crippen molar-refractivity contribution in [1.29, 1.82) is 0 Å². The lowest BCUT2D eigenvalue weighted by Crippen LogP contribution is -2.16. The Hall–Kier alpha value is -8.53. The summed E-state index contributed by atoms with van der Waals surface area (Å²) >= 11 is 0. The van der Waals surface area contributed by atoms with Gasteiger partial charge in [0, 0.05) is 39.0 Å². The number of allylic oxidation sites excluding steroid dienone is 8. The smallest absolute Gasteiger partial charge is 0.148 e. The standard InChI is InChI=1S/C64H49FN2/c1-4-6-12-23-46-42-58(50-28-17-9-18-29-50)64(59(65)43-46)67(54-32-21-11-22-33-54)61-41-37-52-34-38-55-60(40-36-51-35-39-56(61)63(52)62(51)55)66(53-30-19-10-20-31-53)45(3)57(49-26-15-8-16-27-49)44-47(5-2)48-24-13-7-14-25-48/h4-44H,2H2,1,3H3/b6-4-,23-12-,47-44+,57-45-. The Labute approximate surface area is 392 Å². The molecule has 322 valence electrons. The van der Waals surface area contributed by atoms with Crippen LogP contribution in [0.1, 0.15) is 30.5 Å². The summed E-state index contributed by atoms with van der Waals surface area (Å²) in [6.07, 6.45) is 12.0. The summed E-state index contributed by atoms with van der Waals surface area (Å²) in [7, 11) is 0. The van der Waals surface area contributed by atoms with Gasteiger partial charge in [-0.2, -0.15) is 0 Å². The van der Waals surface area contributed by atoms with E-state index in [9.17, 15) is 0 Å². The molecule has 0 saturated carbocycles. The average molecular weight is 865 g/mol. The second-order valence-corrected chi connectivity index (χ2v) is 16.6. The zero-order valence-corrected chi connectivity index (χ0v) is 37.7. The van der Waals surface area contributed by atoms with E-state index in [0.717, 1.165) is 99.7 Å². The number of benzene rings is 10. The second-order valence-electron chi connectivity index (χ2n) is 16.6. The second kappa shape index (κ2) is 18.9. The molecule has 0 N–H and O–H groups in total. The maximum atomic E-state index is 17.4. The molecule has 0 heterocycles. The Morgan fingerprint density at radius 2 is 1.06 bits per heavy atom. The third kappa shape index (κ3) is 8.24. The topological polar surface area (TPSA) is 6.48 Å². The molecule has 67 heavy (non-hydrogen) atoms. The maximum absolute atomic E-state index is 17.4. The third-order valence-corrected chi connectivity index (χ3v) is 12.6. The van der Waals surface area contributed by atoms with E-state index in [0.29, 0.717) is 5.69 Å². The van der Waals surface area contributed by atoms with Gasteiger partial charge in [-0.15, -0.1) is 0 Å². The number of nitrogens with zero attached hydrogens (tertiary/aromatic N) is 2. The summed E-state index contributed by atoms with van der Waals surface area (Å²) in [4.78, 5) is 4.50. The first-order chi connectivity index (χ1) is 33.0. The minimum Gasteiger partial charge on any atom is -0.313 e. The average Bonchev–Trinajstić information content (AvgIpc) is 3.38. The molecule has 0 spiro atoms. The minimum absolute atomic E-state index is 0.311. The molecule has 0 aliphatic carbocycles. The predicted molar refractivity (Wildman–Crippen MR) is 286 cm³/mol. The van der Waals surface area contributed by atoms with Gasteiger partial charge in [-0.3, -0.25) is 0 Å².